The van der Waals surface area contributed by atoms with Gasteiger partial charge in [0.2, 0.25) is 5.92 Å². The van der Waals surface area contributed by atoms with E-state index in [2.05, 4.69) is 0 Å². The maximum absolute atomic E-state index is 15.6. The smallest absolute Gasteiger partial charge is 0.385 e. The summed E-state index contributed by atoms with van der Waals surface area (Å²) in [6, 6.07) is 29.4. The lowest BCUT2D eigenvalue weighted by Crippen LogP contribution is -2.48. The molecule has 17 heteroatoms. The van der Waals surface area contributed by atoms with E-state index in [0.717, 1.165) is 26.7 Å². The SMILES string of the molecule is CC(F)(F)CC/C(=C1/N=C(c2ccc(C(C)(C)C)cc2)C=C1c1ccc(C(C)(C)C)cc1)c1c(-c2ccc(C(C)(C)C)cc2)cc(-c2ccc(C(C)(C)C)cc2)n1B(OCC(F)(F)C(F)(F)F)OCC(F)(F)C(F)(F)F. The Balaban J connectivity index is 1.85. The van der Waals surface area contributed by atoms with Crippen molar-refractivity contribution in [3.63, 3.8) is 0 Å². The summed E-state index contributed by atoms with van der Waals surface area (Å²) in [4.78, 5) is 5.12. The van der Waals surface area contributed by atoms with E-state index >= 15 is 26.3 Å². The van der Waals surface area contributed by atoms with Gasteiger partial charge in [0.1, 0.15) is 13.2 Å². The second kappa shape index (κ2) is 21.0. The van der Waals surface area contributed by atoms with Crippen molar-refractivity contribution in [2.24, 2.45) is 4.99 Å². The molecule has 0 radical (unpaired) electrons. The fraction of sp³-hybridized carbons (Fsp3) is 0.441. The van der Waals surface area contributed by atoms with E-state index in [4.69, 9.17) is 14.3 Å². The quantitative estimate of drug-likeness (QED) is 0.0774. The van der Waals surface area contributed by atoms with Crippen LogP contribution in [-0.4, -0.2) is 60.8 Å². The third-order valence-corrected chi connectivity index (χ3v) is 13.3. The number of hydrogen-bond donors (Lipinski definition) is 0. The molecule has 0 saturated heterocycles. The van der Waals surface area contributed by atoms with Crippen LogP contribution in [0.5, 0.6) is 0 Å². The zero-order valence-corrected chi connectivity index (χ0v) is 45.0. The first kappa shape index (κ1) is 59.7. The molecule has 2 heterocycles. The van der Waals surface area contributed by atoms with Gasteiger partial charge in [-0.15, -0.1) is 0 Å². The topological polar surface area (TPSA) is 35.8 Å². The molecule has 0 atom stereocenters. The lowest BCUT2D eigenvalue weighted by molar-refractivity contribution is -0.295. The number of benzene rings is 4. The van der Waals surface area contributed by atoms with Crippen molar-refractivity contribution < 1.29 is 62.0 Å². The van der Waals surface area contributed by atoms with Crippen LogP contribution in [0.15, 0.2) is 120 Å². The molecule has 4 nitrogen and oxygen atoms in total. The Morgan fingerprint density at radius 2 is 0.829 bits per heavy atom. The van der Waals surface area contributed by atoms with Gasteiger partial charge in [0, 0.05) is 40.1 Å². The number of aliphatic imine (C=N–C) groups is 1. The molecule has 0 saturated carbocycles. The van der Waals surface area contributed by atoms with Gasteiger partial charge in [-0.1, -0.05) is 180 Å². The molecule has 1 aliphatic heterocycles. The maximum Gasteiger partial charge on any atom is 0.598 e. The normalized spacial score (nSPS) is 15.3. The van der Waals surface area contributed by atoms with Gasteiger partial charge in [0.25, 0.3) is 0 Å². The van der Waals surface area contributed by atoms with E-state index in [1.54, 1.807) is 54.6 Å². The first-order valence-corrected chi connectivity index (χ1v) is 24.8. The summed E-state index contributed by atoms with van der Waals surface area (Å²) in [5.74, 6) is -14.9. The predicted molar refractivity (Wildman–Crippen MR) is 279 cm³/mol. The Morgan fingerprint density at radius 3 is 1.18 bits per heavy atom. The van der Waals surface area contributed by atoms with Crippen LogP contribution in [-0.2, 0) is 31.0 Å². The average Bonchev–Trinajstić information content (AvgIpc) is 3.91. The number of nitrogens with zero attached hydrogens (tertiary/aromatic N) is 2. The molecule has 76 heavy (non-hydrogen) atoms. The van der Waals surface area contributed by atoms with E-state index in [1.165, 1.54) is 18.2 Å². The third-order valence-electron chi connectivity index (χ3n) is 13.3. The van der Waals surface area contributed by atoms with Crippen molar-refractivity contribution in [3.8, 4) is 22.4 Å². The van der Waals surface area contributed by atoms with Crippen LogP contribution < -0.4 is 0 Å². The van der Waals surface area contributed by atoms with Crippen LogP contribution in [0.3, 0.4) is 0 Å². The number of allylic oxidation sites excluding steroid dienone is 3. The predicted octanol–water partition coefficient (Wildman–Crippen LogP) is 18.0. The van der Waals surface area contributed by atoms with Gasteiger partial charge in [0.15, 0.2) is 0 Å². The third kappa shape index (κ3) is 13.8. The van der Waals surface area contributed by atoms with Gasteiger partial charge in [-0.2, -0.15) is 43.9 Å². The van der Waals surface area contributed by atoms with E-state index < -0.39 is 74.3 Å². The van der Waals surface area contributed by atoms with Gasteiger partial charge in [-0.25, -0.2) is 13.8 Å². The first-order valence-electron chi connectivity index (χ1n) is 24.8. The lowest BCUT2D eigenvalue weighted by Gasteiger charge is -2.28. The monoisotopic (exact) mass is 1070 g/mol. The van der Waals surface area contributed by atoms with Crippen LogP contribution in [0.2, 0.25) is 0 Å². The van der Waals surface area contributed by atoms with Crippen molar-refractivity contribution >= 4 is 24.1 Å². The number of aromatic nitrogens is 1. The Kier molecular flexibility index (Phi) is 16.5. The average molecular weight is 1070 g/mol. The summed E-state index contributed by atoms with van der Waals surface area (Å²) < 4.78 is 187. The van der Waals surface area contributed by atoms with Crippen LogP contribution >= 0.6 is 0 Å². The minimum absolute atomic E-state index is 0.00388. The molecular formula is C59H65BF12N2O2. The summed E-state index contributed by atoms with van der Waals surface area (Å²) in [7, 11) is -2.94. The van der Waals surface area contributed by atoms with Crippen LogP contribution in [0, 0.1) is 0 Å². The van der Waals surface area contributed by atoms with E-state index in [-0.39, 0.29) is 44.6 Å². The molecule has 0 amide bonds. The van der Waals surface area contributed by atoms with E-state index in [0.29, 0.717) is 34.9 Å². The molecule has 0 bridgehead atoms. The number of hydrogen-bond acceptors (Lipinski definition) is 3. The number of alkyl halides is 12. The highest BCUT2D eigenvalue weighted by molar-refractivity contribution is 6.44. The second-order valence-electron chi connectivity index (χ2n) is 23.8. The van der Waals surface area contributed by atoms with Crippen LogP contribution in [0.1, 0.15) is 142 Å². The van der Waals surface area contributed by atoms with Gasteiger partial charge in [-0.05, 0) is 86.1 Å². The lowest BCUT2D eigenvalue weighted by atomic mass is 9.85. The molecule has 0 aliphatic carbocycles. The van der Waals surface area contributed by atoms with E-state index in [9.17, 15) is 26.3 Å². The highest BCUT2D eigenvalue weighted by Crippen LogP contribution is 2.47. The molecule has 1 aromatic heterocycles. The van der Waals surface area contributed by atoms with Crippen molar-refractivity contribution in [2.75, 3.05) is 13.2 Å². The summed E-state index contributed by atoms with van der Waals surface area (Å²) in [5, 5.41) is 0. The zero-order valence-electron chi connectivity index (χ0n) is 45.0. The fourth-order valence-electron chi connectivity index (χ4n) is 8.50. The van der Waals surface area contributed by atoms with Crippen molar-refractivity contribution in [1.29, 1.82) is 0 Å². The van der Waals surface area contributed by atoms with Gasteiger partial charge in [0.05, 0.1) is 11.4 Å². The largest absolute Gasteiger partial charge is 0.598 e. The molecule has 5 aromatic rings. The highest BCUT2D eigenvalue weighted by atomic mass is 19.4. The Hall–Kier alpha value is -5.55. The molecule has 0 unspecified atom stereocenters. The van der Waals surface area contributed by atoms with Crippen LogP contribution in [0.25, 0.3) is 33.5 Å². The van der Waals surface area contributed by atoms with Crippen molar-refractivity contribution in [3.05, 3.63) is 154 Å². The molecule has 0 N–H and O–H groups in total. The zero-order chi connectivity index (χ0) is 57.0. The Bertz CT molecular complexity index is 2900. The minimum Gasteiger partial charge on any atom is -0.385 e. The number of rotatable bonds is 15. The molecule has 1 aliphatic rings. The molecule has 4 aromatic carbocycles. The fourth-order valence-corrected chi connectivity index (χ4v) is 8.50. The van der Waals surface area contributed by atoms with Crippen LogP contribution in [0.4, 0.5) is 52.7 Å². The first-order chi connectivity index (χ1) is 34.6. The van der Waals surface area contributed by atoms with Crippen molar-refractivity contribution in [1.82, 2.24) is 4.48 Å². The Labute approximate surface area is 438 Å². The standard InChI is InChI=1S/C59H65BF12N2O2/c1-51(2,3)40-22-14-36(15-23-40)45-32-47(38-18-26-42(27-19-38)53(7,8)9)73-49(45)44(30-31-55(13,61)62)50-46(37-16-24-41(25-17-37)52(4,5)6)33-48(39-20-28-43(29-21-39)54(10,11)12)74(50)60(75-34-56(63,64)58(67,68)69)76-35-57(65,66)59(70,71)72/h14-29,32-33H,30-31,34-35H2,1-13H3/b49-44-. The van der Waals surface area contributed by atoms with Gasteiger partial charge >= 0.3 is 31.5 Å². The van der Waals surface area contributed by atoms with Gasteiger partial charge in [-0.3, -0.25) is 0 Å². The van der Waals surface area contributed by atoms with Crippen molar-refractivity contribution in [2.45, 2.75) is 155 Å². The number of halogens is 12. The summed E-state index contributed by atoms with van der Waals surface area (Å²) in [5.41, 5.74) is 3.66. The molecular weight excluding hydrogens is 1010 g/mol. The van der Waals surface area contributed by atoms with E-state index in [1.807, 2.05) is 119 Å². The summed E-state index contributed by atoms with van der Waals surface area (Å²) in [6.07, 6.45) is -12.4. The second-order valence-corrected chi connectivity index (χ2v) is 23.8. The highest BCUT2D eigenvalue weighted by Gasteiger charge is 2.60. The molecule has 6 rings (SSSR count). The summed E-state index contributed by atoms with van der Waals surface area (Å²) >= 11 is 0. The minimum atomic E-state index is -6.29. The Morgan fingerprint density at radius 1 is 0.474 bits per heavy atom. The molecule has 0 spiro atoms. The molecule has 0 fully saturated rings. The maximum atomic E-state index is 15.6. The summed E-state index contributed by atoms with van der Waals surface area (Å²) in [6.45, 7) is 19.0. The van der Waals surface area contributed by atoms with Gasteiger partial charge < -0.3 is 13.8 Å². The molecule has 410 valence electrons.